The fraction of sp³-hybridized carbons (Fsp3) is 0.415. The van der Waals surface area contributed by atoms with Crippen LogP contribution < -0.4 is 22.5 Å². The van der Waals surface area contributed by atoms with Crippen LogP contribution in [0.25, 0.3) is 21.8 Å². The molecule has 0 atom stereocenters. The van der Waals surface area contributed by atoms with Gasteiger partial charge in [0.2, 0.25) is 0 Å². The molecule has 0 radical (unpaired) electrons. The van der Waals surface area contributed by atoms with Gasteiger partial charge in [-0.3, -0.25) is 19.6 Å². The minimum atomic E-state index is -6.08. The second-order valence-electron chi connectivity index (χ2n) is 24.5. The molecule has 0 fully saturated rings. The maximum atomic E-state index is 14.3. The largest absolute Gasteiger partial charge is 0.541 e. The predicted octanol–water partition coefficient (Wildman–Crippen LogP) is 17.6. The van der Waals surface area contributed by atoms with Crippen LogP contribution in [0, 0.1) is 11.6 Å². The summed E-state index contributed by atoms with van der Waals surface area (Å²) >= 11 is 12.0. The molecule has 7 aromatic rings. The summed E-state index contributed by atoms with van der Waals surface area (Å²) in [5, 5.41) is 12.2. The molecule has 0 unspecified atom stereocenters. The summed E-state index contributed by atoms with van der Waals surface area (Å²) in [7, 11) is -8.19. The van der Waals surface area contributed by atoms with Crippen LogP contribution in [0.2, 0.25) is 43.3 Å². The van der Waals surface area contributed by atoms with Crippen LogP contribution in [0.5, 0.6) is 34.5 Å². The number of ketones is 1. The molecule has 1 aliphatic carbocycles. The molecule has 23 heteroatoms. The van der Waals surface area contributed by atoms with Gasteiger partial charge < -0.3 is 32.5 Å². The van der Waals surface area contributed by atoms with Crippen molar-refractivity contribution >= 4 is 83.5 Å². The zero-order valence-corrected chi connectivity index (χ0v) is 56.1. The van der Waals surface area contributed by atoms with E-state index in [1.165, 1.54) is 36.5 Å². The number of pyridine rings is 2. The smallest absolute Gasteiger partial charge is 0.534 e. The van der Waals surface area contributed by atoms with E-state index in [1.54, 1.807) is 43.5 Å². The molecule has 2 aromatic heterocycles. The molecule has 0 saturated heterocycles. The fourth-order valence-electron chi connectivity index (χ4n) is 13.3. The molecule has 0 saturated carbocycles. The normalized spacial score (nSPS) is 13.8. The summed E-state index contributed by atoms with van der Waals surface area (Å²) in [6.45, 7) is 25.9. The van der Waals surface area contributed by atoms with Crippen molar-refractivity contribution in [2.24, 2.45) is 0 Å². The third kappa shape index (κ3) is 12.8. The summed E-state index contributed by atoms with van der Waals surface area (Å²) in [6, 6.07) is 17.6. The molecular weight excluding hydrogens is 1240 g/mol. The number of hydrogen-bond acceptors (Lipinski definition) is 12. The molecule has 9 rings (SSSR count). The Labute approximate surface area is 523 Å². The van der Waals surface area contributed by atoms with E-state index < -0.39 is 49.6 Å². The number of hydrogen-bond donors (Lipinski definition) is 1. The van der Waals surface area contributed by atoms with Gasteiger partial charge in [-0.1, -0.05) is 118 Å². The van der Waals surface area contributed by atoms with Crippen molar-refractivity contribution in [2.45, 2.75) is 161 Å². The quantitative estimate of drug-likeness (QED) is 0.0333. The first-order chi connectivity index (χ1) is 41.2. The molecule has 2 aliphatic rings. The number of nitrogens with zero attached hydrogens (tertiary/aromatic N) is 3. The summed E-state index contributed by atoms with van der Waals surface area (Å²) in [5.41, 5.74) is 0.191. The highest BCUT2D eigenvalue weighted by atomic mass is 35.5. The fourth-order valence-corrected chi connectivity index (χ4v) is 24.7. The number of methoxy groups -OCH3 is 2. The molecule has 0 spiro atoms. The number of carbonyl (C=O) groups excluding carboxylic acids is 2. The number of ether oxygens (including phenoxy) is 2. The second kappa shape index (κ2) is 26.1. The molecule has 5 aromatic carbocycles. The number of alkyl halides is 3. The number of phenolic OH excluding ortho intramolecular Hbond substituents is 1. The molecule has 1 amide bonds. The van der Waals surface area contributed by atoms with E-state index in [9.17, 15) is 45.1 Å². The Balaban J connectivity index is 0.000000229. The van der Waals surface area contributed by atoms with Gasteiger partial charge in [-0.15, -0.1) is 0 Å². The molecule has 13 nitrogen and oxygen atoms in total. The van der Waals surface area contributed by atoms with E-state index in [0.717, 1.165) is 16.7 Å². The first-order valence-electron chi connectivity index (χ1n) is 29.2. The van der Waals surface area contributed by atoms with Gasteiger partial charge in [0.05, 0.1) is 41.9 Å². The topological polar surface area (TPSA) is 164 Å². The Kier molecular flexibility index (Phi) is 20.0. The van der Waals surface area contributed by atoms with E-state index in [1.807, 2.05) is 59.7 Å². The second-order valence-corrected chi connectivity index (χ2v) is 37.6. The monoisotopic (exact) mass is 1310 g/mol. The number of carbonyl (C=O) groups is 2. The van der Waals surface area contributed by atoms with Crippen molar-refractivity contribution in [1.82, 2.24) is 14.9 Å². The lowest BCUT2D eigenvalue weighted by molar-refractivity contribution is -0.0499. The molecule has 472 valence electrons. The van der Waals surface area contributed by atoms with Crippen molar-refractivity contribution < 1.29 is 67.6 Å². The van der Waals surface area contributed by atoms with Gasteiger partial charge in [-0.2, -0.15) is 21.6 Å². The van der Waals surface area contributed by atoms with Crippen LogP contribution in [0.3, 0.4) is 0 Å². The Morgan fingerprint density at radius 1 is 0.614 bits per heavy atom. The third-order valence-electron chi connectivity index (χ3n) is 17.3. The molecule has 1 aliphatic heterocycles. The van der Waals surface area contributed by atoms with Crippen LogP contribution in [0.4, 0.5) is 22.0 Å². The van der Waals surface area contributed by atoms with Crippen LogP contribution in [0.1, 0.15) is 149 Å². The van der Waals surface area contributed by atoms with Crippen LogP contribution in [-0.2, 0) is 42.5 Å². The van der Waals surface area contributed by atoms with E-state index in [-0.39, 0.29) is 121 Å². The summed E-state index contributed by atoms with van der Waals surface area (Å²) < 4.78 is 122. The van der Waals surface area contributed by atoms with Gasteiger partial charge >= 0.3 is 15.6 Å². The number of benzene rings is 5. The zero-order valence-electron chi connectivity index (χ0n) is 51.7. The Hall–Kier alpha value is -6.53. The van der Waals surface area contributed by atoms with Crippen molar-refractivity contribution in [3.63, 3.8) is 0 Å². The summed E-state index contributed by atoms with van der Waals surface area (Å²) in [5.74, 6) is -0.444. The van der Waals surface area contributed by atoms with Gasteiger partial charge in [-0.25, -0.2) is 8.78 Å². The van der Waals surface area contributed by atoms with E-state index in [0.29, 0.717) is 56.8 Å². The average Bonchev–Trinajstić information content (AvgIpc) is 1.40. The van der Waals surface area contributed by atoms with E-state index in [2.05, 4.69) is 46.5 Å². The lowest BCUT2D eigenvalue weighted by atomic mass is 9.99. The Morgan fingerprint density at radius 2 is 1.09 bits per heavy atom. The maximum Gasteiger partial charge on any atom is 0.534 e. The number of phenols is 1. The number of aromatic hydroxyl groups is 1. The van der Waals surface area contributed by atoms with Gasteiger partial charge in [-0.05, 0) is 123 Å². The molecule has 3 heterocycles. The van der Waals surface area contributed by atoms with E-state index >= 15 is 0 Å². The molecular formula is C65H74Cl2F5N3O10SSi2. The number of amides is 1. The first-order valence-corrected chi connectivity index (χ1v) is 35.6. The lowest BCUT2D eigenvalue weighted by Gasteiger charge is -2.42. The maximum absolute atomic E-state index is 14.3. The Morgan fingerprint density at radius 3 is 1.55 bits per heavy atom. The molecule has 88 heavy (non-hydrogen) atoms. The predicted molar refractivity (Wildman–Crippen MR) is 338 cm³/mol. The summed E-state index contributed by atoms with van der Waals surface area (Å²) in [6.07, 6.45) is 3.69. The Bertz CT molecular complexity index is 3920. The number of fused-ring (bicyclic) bond motifs is 4. The molecule has 1 N–H and O–H groups in total. The standard InChI is InChI=1S/C36H42ClFN2O5Si.C29H32ClF4NO5SSi/c1-20(2)46(21(3)4,22(5)6)45-35-32-28(19-40(36(32)42)18-25-10-11-26(43-7)16-31(25)44-8)34(41)27-14-24(17-39-33(27)35)13-23-9-12-30(38)29(37)15-23;1-15(2)42(16(3)4,17(5)6)40-28-25-20(8-10-24(25)36)27(39-41(37,38)29(32,33)34)21-12-19(14-35-26(21)28)11-18-7-9-23(31)22(30)13-18/h9-12,14-17,20-22,41H,13,18-19H2,1-8H3;7,9,12-17H,8,10-11H2,1-6H3. The summed E-state index contributed by atoms with van der Waals surface area (Å²) in [4.78, 5) is 38.6. The van der Waals surface area contributed by atoms with Crippen LogP contribution in [-0.4, -0.2) is 76.4 Å². The van der Waals surface area contributed by atoms with Crippen molar-refractivity contribution in [1.29, 1.82) is 0 Å². The minimum absolute atomic E-state index is 0.00675. The van der Waals surface area contributed by atoms with Crippen LogP contribution >= 0.6 is 23.2 Å². The van der Waals surface area contributed by atoms with Crippen molar-refractivity contribution in [3.8, 4) is 34.5 Å². The van der Waals surface area contributed by atoms with E-state index in [4.69, 9.17) is 50.7 Å². The number of aromatic nitrogens is 2. The highest BCUT2D eigenvalue weighted by Gasteiger charge is 2.52. The van der Waals surface area contributed by atoms with Gasteiger partial charge in [0.25, 0.3) is 22.5 Å². The number of halogens is 7. The number of rotatable bonds is 20. The minimum Gasteiger partial charge on any atom is -0.541 e. The van der Waals surface area contributed by atoms with Gasteiger partial charge in [0.1, 0.15) is 51.4 Å². The van der Waals surface area contributed by atoms with Crippen molar-refractivity contribution in [2.75, 3.05) is 14.2 Å². The van der Waals surface area contributed by atoms with Gasteiger partial charge in [0.15, 0.2) is 11.5 Å². The first kappa shape index (κ1) is 67.4. The van der Waals surface area contributed by atoms with Crippen LogP contribution in [0.15, 0.2) is 79.1 Å². The third-order valence-corrected chi connectivity index (χ3v) is 30.7. The molecule has 0 bridgehead atoms. The lowest BCUT2D eigenvalue weighted by Crippen LogP contribution is -2.51. The van der Waals surface area contributed by atoms with Gasteiger partial charge in [0, 0.05) is 58.9 Å². The SMILES string of the molecule is CC(C)[Si](Oc1c2c(c(OS(=O)(=O)C(F)(F)F)c3cc(Cc4ccc(F)c(Cl)c4)cnc13)CCC2=O)(C(C)C)C(C)C.COc1ccc(CN2Cc3c(c(O[Si](C(C)C)(C(C)C)C(C)C)c4ncc(Cc5ccc(F)c(Cl)c5)cc4c3O)C2=O)c(OC)c1. The highest BCUT2D eigenvalue weighted by molar-refractivity contribution is 7.88. The average molecular weight is 1310 g/mol. The zero-order chi connectivity index (χ0) is 64.9. The highest BCUT2D eigenvalue weighted by Crippen LogP contribution is 2.53. The number of Topliss-reactive ketones (excluding diaryl/α,β-unsaturated/α-hetero) is 1. The van der Waals surface area contributed by atoms with Crippen molar-refractivity contribution in [3.05, 3.63) is 151 Å².